The van der Waals surface area contributed by atoms with Crippen LogP contribution in [0, 0.1) is 5.92 Å². The maximum absolute atomic E-state index is 13.2. The third-order valence-corrected chi connectivity index (χ3v) is 8.04. The van der Waals surface area contributed by atoms with E-state index in [9.17, 15) is 13.2 Å². The number of carbonyl (C=O) groups is 1. The molecule has 0 aromatic heterocycles. The fraction of sp³-hybridized carbons (Fsp3) is 0.458. The highest BCUT2D eigenvalue weighted by molar-refractivity contribution is 7.89. The molecule has 2 aromatic carbocycles. The molecular weight excluding hydrogens is 444 g/mol. The van der Waals surface area contributed by atoms with Gasteiger partial charge in [0.15, 0.2) is 11.5 Å². The number of piperidine rings is 1. The lowest BCUT2D eigenvalue weighted by Crippen LogP contribution is -2.43. The van der Waals surface area contributed by atoms with Crippen molar-refractivity contribution in [2.75, 3.05) is 33.4 Å². The maximum Gasteiger partial charge on any atom is 0.243 e. The second kappa shape index (κ2) is 10.0. The summed E-state index contributed by atoms with van der Waals surface area (Å²) in [6, 6.07) is 12.1. The summed E-state index contributed by atoms with van der Waals surface area (Å²) >= 11 is 0. The molecule has 4 rings (SSSR count). The lowest BCUT2D eigenvalue weighted by molar-refractivity contribution is -0.126. The van der Waals surface area contributed by atoms with Crippen LogP contribution in [-0.2, 0) is 14.8 Å². The van der Waals surface area contributed by atoms with E-state index >= 15 is 0 Å². The molecule has 0 radical (unpaired) electrons. The van der Waals surface area contributed by atoms with Crippen molar-refractivity contribution in [1.82, 2.24) is 9.62 Å². The first kappa shape index (κ1) is 23.4. The average Bonchev–Trinajstić information content (AvgIpc) is 3.09. The third-order valence-electron chi connectivity index (χ3n) is 6.15. The van der Waals surface area contributed by atoms with Crippen molar-refractivity contribution in [2.24, 2.45) is 5.92 Å². The molecule has 0 saturated carbocycles. The summed E-state index contributed by atoms with van der Waals surface area (Å²) < 4.78 is 44.4. The van der Waals surface area contributed by atoms with E-state index in [-0.39, 0.29) is 35.9 Å². The van der Waals surface area contributed by atoms with E-state index in [0.29, 0.717) is 37.6 Å². The number of amides is 1. The van der Waals surface area contributed by atoms with Crippen molar-refractivity contribution in [3.63, 3.8) is 0 Å². The summed E-state index contributed by atoms with van der Waals surface area (Å²) in [5.41, 5.74) is 0.905. The molecule has 1 atom stereocenters. The number of para-hydroxylation sites is 1. The summed E-state index contributed by atoms with van der Waals surface area (Å²) in [7, 11) is -2.08. The minimum Gasteiger partial charge on any atom is -0.496 e. The molecule has 1 N–H and O–H groups in total. The number of rotatable bonds is 6. The highest BCUT2D eigenvalue weighted by Crippen LogP contribution is 2.34. The molecule has 1 fully saturated rings. The van der Waals surface area contributed by atoms with Crippen LogP contribution in [0.2, 0.25) is 0 Å². The van der Waals surface area contributed by atoms with E-state index in [2.05, 4.69) is 5.32 Å². The Morgan fingerprint density at radius 3 is 2.52 bits per heavy atom. The van der Waals surface area contributed by atoms with Crippen LogP contribution in [0.25, 0.3) is 0 Å². The Hall–Kier alpha value is -2.78. The van der Waals surface area contributed by atoms with E-state index in [1.54, 1.807) is 19.2 Å². The summed E-state index contributed by atoms with van der Waals surface area (Å²) in [4.78, 5) is 13.0. The standard InChI is InChI=1S/C24H30N2O6S/c1-17(20-6-3-4-7-21(20)30-2)25-24(27)18-10-12-26(13-11-18)33(28,29)19-8-9-22-23(16-19)32-15-5-14-31-22/h3-4,6-9,16-18H,5,10-15H2,1-2H3,(H,25,27)/t17-/m0/s1. The molecule has 8 nitrogen and oxygen atoms in total. The van der Waals surface area contributed by atoms with E-state index in [1.807, 2.05) is 31.2 Å². The van der Waals surface area contributed by atoms with Gasteiger partial charge in [-0.25, -0.2) is 8.42 Å². The summed E-state index contributed by atoms with van der Waals surface area (Å²) in [5, 5.41) is 3.05. The van der Waals surface area contributed by atoms with Crippen molar-refractivity contribution in [3.8, 4) is 17.2 Å². The van der Waals surface area contributed by atoms with Gasteiger partial charge in [0.05, 0.1) is 31.3 Å². The summed E-state index contributed by atoms with van der Waals surface area (Å²) in [5.74, 6) is 1.43. The number of nitrogens with one attached hydrogen (secondary N) is 1. The molecule has 178 valence electrons. The van der Waals surface area contributed by atoms with Crippen molar-refractivity contribution in [3.05, 3.63) is 48.0 Å². The van der Waals surface area contributed by atoms with E-state index < -0.39 is 10.0 Å². The molecule has 2 aliphatic rings. The second-order valence-corrected chi connectivity index (χ2v) is 10.2. The topological polar surface area (TPSA) is 94.2 Å². The Bertz CT molecular complexity index is 1100. The first-order valence-electron chi connectivity index (χ1n) is 11.2. The largest absolute Gasteiger partial charge is 0.496 e. The highest BCUT2D eigenvalue weighted by Gasteiger charge is 2.33. The number of sulfonamides is 1. The highest BCUT2D eigenvalue weighted by atomic mass is 32.2. The Balaban J connectivity index is 1.38. The summed E-state index contributed by atoms with van der Waals surface area (Å²) in [6.45, 7) is 3.53. The Morgan fingerprint density at radius 1 is 1.09 bits per heavy atom. The number of fused-ring (bicyclic) bond motifs is 1. The van der Waals surface area contributed by atoms with Gasteiger partial charge in [0.2, 0.25) is 15.9 Å². The second-order valence-electron chi connectivity index (χ2n) is 8.31. The lowest BCUT2D eigenvalue weighted by atomic mass is 9.96. The normalized spacial score (nSPS) is 18.2. The van der Waals surface area contributed by atoms with Gasteiger partial charge in [-0.15, -0.1) is 0 Å². The van der Waals surface area contributed by atoms with E-state index in [4.69, 9.17) is 14.2 Å². The molecule has 1 amide bonds. The van der Waals surface area contributed by atoms with Gasteiger partial charge >= 0.3 is 0 Å². The van der Waals surface area contributed by atoms with Gasteiger partial charge in [-0.3, -0.25) is 4.79 Å². The van der Waals surface area contributed by atoms with Crippen LogP contribution in [0.15, 0.2) is 47.4 Å². The van der Waals surface area contributed by atoms with Gasteiger partial charge < -0.3 is 19.5 Å². The predicted octanol–water partition coefficient (Wildman–Crippen LogP) is 3.13. The SMILES string of the molecule is COc1ccccc1[C@H](C)NC(=O)C1CCN(S(=O)(=O)c2ccc3c(c2)OCCCO3)CC1. The quantitative estimate of drug-likeness (QED) is 0.691. The molecule has 2 aliphatic heterocycles. The van der Waals surface area contributed by atoms with Crippen LogP contribution < -0.4 is 19.5 Å². The Labute approximate surface area is 194 Å². The molecule has 0 bridgehead atoms. The van der Waals surface area contributed by atoms with E-state index in [0.717, 1.165) is 17.7 Å². The van der Waals surface area contributed by atoms with Gasteiger partial charge in [-0.05, 0) is 38.0 Å². The molecule has 9 heteroatoms. The van der Waals surface area contributed by atoms with Crippen molar-refractivity contribution < 1.29 is 27.4 Å². The lowest BCUT2D eigenvalue weighted by Gasteiger charge is -2.31. The van der Waals surface area contributed by atoms with Gasteiger partial charge in [0, 0.05) is 37.1 Å². The minimum absolute atomic E-state index is 0.0685. The van der Waals surface area contributed by atoms with Crippen molar-refractivity contribution in [2.45, 2.75) is 37.1 Å². The predicted molar refractivity (Wildman–Crippen MR) is 123 cm³/mol. The summed E-state index contributed by atoms with van der Waals surface area (Å²) in [6.07, 6.45) is 1.69. The molecular formula is C24H30N2O6S. The van der Waals surface area contributed by atoms with Crippen LogP contribution in [-0.4, -0.2) is 52.0 Å². The Morgan fingerprint density at radius 2 is 1.79 bits per heavy atom. The average molecular weight is 475 g/mol. The van der Waals surface area contributed by atoms with Gasteiger partial charge in [0.1, 0.15) is 5.75 Å². The van der Waals surface area contributed by atoms with Gasteiger partial charge in [0.25, 0.3) is 0 Å². The smallest absolute Gasteiger partial charge is 0.243 e. The monoisotopic (exact) mass is 474 g/mol. The number of carbonyl (C=O) groups excluding carboxylic acids is 1. The molecule has 0 aliphatic carbocycles. The molecule has 2 heterocycles. The zero-order valence-corrected chi connectivity index (χ0v) is 19.8. The Kier molecular flexibility index (Phi) is 7.09. The first-order valence-corrected chi connectivity index (χ1v) is 12.7. The maximum atomic E-state index is 13.2. The van der Waals surface area contributed by atoms with Crippen molar-refractivity contribution >= 4 is 15.9 Å². The molecule has 1 saturated heterocycles. The number of benzene rings is 2. The zero-order valence-electron chi connectivity index (χ0n) is 19.0. The van der Waals surface area contributed by atoms with Crippen LogP contribution in [0.3, 0.4) is 0 Å². The molecule has 2 aromatic rings. The van der Waals surface area contributed by atoms with E-state index in [1.165, 1.54) is 10.4 Å². The number of hydrogen-bond acceptors (Lipinski definition) is 6. The fourth-order valence-electron chi connectivity index (χ4n) is 4.24. The number of nitrogens with zero attached hydrogens (tertiary/aromatic N) is 1. The van der Waals surface area contributed by atoms with Crippen LogP contribution >= 0.6 is 0 Å². The first-order chi connectivity index (χ1) is 15.9. The van der Waals surface area contributed by atoms with Crippen LogP contribution in [0.4, 0.5) is 0 Å². The fourth-order valence-corrected chi connectivity index (χ4v) is 5.73. The number of methoxy groups -OCH3 is 1. The number of hydrogen-bond donors (Lipinski definition) is 1. The van der Waals surface area contributed by atoms with Gasteiger partial charge in [-0.2, -0.15) is 4.31 Å². The molecule has 33 heavy (non-hydrogen) atoms. The zero-order chi connectivity index (χ0) is 23.4. The van der Waals surface area contributed by atoms with Crippen molar-refractivity contribution in [1.29, 1.82) is 0 Å². The third kappa shape index (κ3) is 5.09. The molecule has 0 spiro atoms. The molecule has 0 unspecified atom stereocenters. The van der Waals surface area contributed by atoms with Gasteiger partial charge in [-0.1, -0.05) is 18.2 Å². The minimum atomic E-state index is -3.68. The van der Waals surface area contributed by atoms with Crippen LogP contribution in [0.5, 0.6) is 17.2 Å². The van der Waals surface area contributed by atoms with Crippen LogP contribution in [0.1, 0.15) is 37.8 Å². The number of ether oxygens (including phenoxy) is 3.